The van der Waals surface area contributed by atoms with Gasteiger partial charge in [-0.05, 0) is 26.0 Å². The van der Waals surface area contributed by atoms with Gasteiger partial charge in [-0.2, -0.15) is 5.10 Å². The van der Waals surface area contributed by atoms with E-state index in [2.05, 4.69) is 10.5 Å². The number of hydrazine groups is 1. The van der Waals surface area contributed by atoms with Gasteiger partial charge in [0.05, 0.1) is 24.5 Å². The molecule has 108 valence electrons. The van der Waals surface area contributed by atoms with Crippen molar-refractivity contribution in [2.45, 2.75) is 26.4 Å². The standard InChI is InChI=1S/C14H19FN4O/c1-4-19-13(7-9(2)18-19)14(17-16)11-6-5-10(20-3)8-12(11)15/h5-8,14,17H,4,16H2,1-3H3. The minimum absolute atomic E-state index is 0.367. The monoisotopic (exact) mass is 278 g/mol. The fourth-order valence-corrected chi connectivity index (χ4v) is 2.25. The van der Waals surface area contributed by atoms with Crippen molar-refractivity contribution in [3.63, 3.8) is 0 Å². The van der Waals surface area contributed by atoms with Gasteiger partial charge in [0.2, 0.25) is 0 Å². The summed E-state index contributed by atoms with van der Waals surface area (Å²) in [6, 6.07) is 6.17. The number of ether oxygens (including phenoxy) is 1. The van der Waals surface area contributed by atoms with Crippen LogP contribution < -0.4 is 16.0 Å². The van der Waals surface area contributed by atoms with Crippen molar-refractivity contribution >= 4 is 0 Å². The number of nitrogens with one attached hydrogen (secondary N) is 1. The molecule has 0 bridgehead atoms. The number of nitrogens with zero attached hydrogens (tertiary/aromatic N) is 2. The van der Waals surface area contributed by atoms with Gasteiger partial charge in [-0.25, -0.2) is 9.82 Å². The molecule has 1 aromatic heterocycles. The number of nitrogens with two attached hydrogens (primary N) is 1. The van der Waals surface area contributed by atoms with Crippen LogP contribution in [-0.4, -0.2) is 16.9 Å². The van der Waals surface area contributed by atoms with Gasteiger partial charge in [0.15, 0.2) is 0 Å². The van der Waals surface area contributed by atoms with E-state index < -0.39 is 6.04 Å². The van der Waals surface area contributed by atoms with Crippen LogP contribution in [0.25, 0.3) is 0 Å². The third kappa shape index (κ3) is 2.66. The molecule has 2 aromatic rings. The summed E-state index contributed by atoms with van der Waals surface area (Å²) in [5.74, 6) is 5.73. The topological polar surface area (TPSA) is 65.1 Å². The Hall–Kier alpha value is -1.92. The number of hydrogen-bond acceptors (Lipinski definition) is 4. The lowest BCUT2D eigenvalue weighted by atomic mass is 10.0. The highest BCUT2D eigenvalue weighted by molar-refractivity contribution is 5.35. The zero-order chi connectivity index (χ0) is 14.7. The van der Waals surface area contributed by atoms with Gasteiger partial charge in [0, 0.05) is 18.2 Å². The van der Waals surface area contributed by atoms with Crippen molar-refractivity contribution in [3.05, 3.63) is 47.0 Å². The molecule has 0 saturated heterocycles. The predicted molar refractivity (Wildman–Crippen MR) is 74.8 cm³/mol. The number of benzene rings is 1. The lowest BCUT2D eigenvalue weighted by molar-refractivity contribution is 0.409. The molecule has 0 aliphatic rings. The molecule has 0 spiro atoms. The van der Waals surface area contributed by atoms with Crippen LogP contribution in [0.3, 0.4) is 0 Å². The van der Waals surface area contributed by atoms with Crippen molar-refractivity contribution < 1.29 is 9.13 Å². The van der Waals surface area contributed by atoms with Gasteiger partial charge in [-0.3, -0.25) is 10.5 Å². The van der Waals surface area contributed by atoms with E-state index in [9.17, 15) is 4.39 Å². The summed E-state index contributed by atoms with van der Waals surface area (Å²) >= 11 is 0. The van der Waals surface area contributed by atoms with Gasteiger partial charge >= 0.3 is 0 Å². The minimum Gasteiger partial charge on any atom is -0.497 e. The second-order valence-corrected chi connectivity index (χ2v) is 4.51. The maximum atomic E-state index is 14.2. The molecule has 0 fully saturated rings. The molecular formula is C14H19FN4O. The molecule has 2 rings (SSSR count). The van der Waals surface area contributed by atoms with E-state index in [-0.39, 0.29) is 5.82 Å². The molecule has 3 N–H and O–H groups in total. The van der Waals surface area contributed by atoms with Crippen LogP contribution >= 0.6 is 0 Å². The summed E-state index contributed by atoms with van der Waals surface area (Å²) < 4.78 is 21.0. The maximum absolute atomic E-state index is 14.2. The zero-order valence-electron chi connectivity index (χ0n) is 11.9. The van der Waals surface area contributed by atoms with Gasteiger partial charge in [0.25, 0.3) is 0 Å². The highest BCUT2D eigenvalue weighted by Gasteiger charge is 2.21. The van der Waals surface area contributed by atoms with Crippen LogP contribution in [0.4, 0.5) is 4.39 Å². The smallest absolute Gasteiger partial charge is 0.132 e. The van der Waals surface area contributed by atoms with E-state index in [1.54, 1.807) is 12.1 Å². The third-order valence-corrected chi connectivity index (χ3v) is 3.21. The molecule has 0 saturated carbocycles. The summed E-state index contributed by atoms with van der Waals surface area (Å²) in [6.07, 6.45) is 0. The first-order valence-corrected chi connectivity index (χ1v) is 6.44. The molecule has 1 heterocycles. The first-order chi connectivity index (χ1) is 9.60. The number of hydrogen-bond donors (Lipinski definition) is 2. The first kappa shape index (κ1) is 14.5. The molecule has 1 aromatic carbocycles. The number of methoxy groups -OCH3 is 1. The van der Waals surface area contributed by atoms with Crippen LogP contribution in [0.15, 0.2) is 24.3 Å². The zero-order valence-corrected chi connectivity index (χ0v) is 11.9. The van der Waals surface area contributed by atoms with Gasteiger partial charge < -0.3 is 4.74 Å². The van der Waals surface area contributed by atoms with Crippen molar-refractivity contribution in [1.29, 1.82) is 0 Å². The van der Waals surface area contributed by atoms with Crippen LogP contribution in [0.1, 0.15) is 29.9 Å². The highest BCUT2D eigenvalue weighted by Crippen LogP contribution is 2.27. The van der Waals surface area contributed by atoms with E-state index in [1.807, 2.05) is 24.6 Å². The van der Waals surface area contributed by atoms with E-state index in [4.69, 9.17) is 10.6 Å². The molecule has 0 aliphatic carbocycles. The fourth-order valence-electron chi connectivity index (χ4n) is 2.25. The average molecular weight is 278 g/mol. The van der Waals surface area contributed by atoms with Crippen LogP contribution in [0.5, 0.6) is 5.75 Å². The molecule has 0 aliphatic heterocycles. The lowest BCUT2D eigenvalue weighted by Crippen LogP contribution is -2.31. The minimum atomic E-state index is -0.456. The Morgan fingerprint density at radius 2 is 2.20 bits per heavy atom. The van der Waals surface area contributed by atoms with E-state index in [0.717, 1.165) is 11.4 Å². The highest BCUT2D eigenvalue weighted by atomic mass is 19.1. The van der Waals surface area contributed by atoms with E-state index in [1.165, 1.54) is 13.2 Å². The van der Waals surface area contributed by atoms with Gasteiger partial charge in [0.1, 0.15) is 11.6 Å². The molecule has 1 unspecified atom stereocenters. The molecule has 6 heteroatoms. The quantitative estimate of drug-likeness (QED) is 0.648. The number of halogens is 1. The van der Waals surface area contributed by atoms with E-state index in [0.29, 0.717) is 17.9 Å². The third-order valence-electron chi connectivity index (χ3n) is 3.21. The summed E-state index contributed by atoms with van der Waals surface area (Å²) in [6.45, 7) is 4.57. The molecule has 0 amide bonds. The second-order valence-electron chi connectivity index (χ2n) is 4.51. The molecule has 1 atom stereocenters. The Bertz CT molecular complexity index is 597. The van der Waals surface area contributed by atoms with Crippen molar-refractivity contribution in [2.24, 2.45) is 5.84 Å². The summed E-state index contributed by atoms with van der Waals surface area (Å²) in [7, 11) is 1.50. The Labute approximate surface area is 117 Å². The Morgan fingerprint density at radius 1 is 1.45 bits per heavy atom. The van der Waals surface area contributed by atoms with Crippen molar-refractivity contribution in [2.75, 3.05) is 7.11 Å². The van der Waals surface area contributed by atoms with E-state index >= 15 is 0 Å². The second kappa shape index (κ2) is 6.02. The van der Waals surface area contributed by atoms with Crippen LogP contribution in [0, 0.1) is 12.7 Å². The van der Waals surface area contributed by atoms with Crippen molar-refractivity contribution in [1.82, 2.24) is 15.2 Å². The largest absolute Gasteiger partial charge is 0.497 e. The Balaban J connectivity index is 2.46. The number of aromatic nitrogens is 2. The van der Waals surface area contributed by atoms with Crippen molar-refractivity contribution in [3.8, 4) is 5.75 Å². The molecular weight excluding hydrogens is 259 g/mol. The number of aryl methyl sites for hydroxylation is 2. The molecule has 20 heavy (non-hydrogen) atoms. The Kier molecular flexibility index (Phi) is 4.36. The first-order valence-electron chi connectivity index (χ1n) is 6.44. The summed E-state index contributed by atoms with van der Waals surface area (Å²) in [5.41, 5.74) is 4.82. The maximum Gasteiger partial charge on any atom is 0.132 e. The predicted octanol–water partition coefficient (Wildman–Crippen LogP) is 1.91. The fraction of sp³-hybridized carbons (Fsp3) is 0.357. The lowest BCUT2D eigenvalue weighted by Gasteiger charge is -2.18. The average Bonchev–Trinajstić information content (AvgIpc) is 2.82. The number of rotatable bonds is 5. The van der Waals surface area contributed by atoms with Crippen LogP contribution in [0.2, 0.25) is 0 Å². The molecule has 5 nitrogen and oxygen atoms in total. The Morgan fingerprint density at radius 3 is 2.75 bits per heavy atom. The summed E-state index contributed by atoms with van der Waals surface area (Å²) in [5, 5.41) is 4.36. The van der Waals surface area contributed by atoms with Gasteiger partial charge in [-0.15, -0.1) is 0 Å². The normalized spacial score (nSPS) is 12.4. The molecule has 0 radical (unpaired) electrons. The summed E-state index contributed by atoms with van der Waals surface area (Å²) in [4.78, 5) is 0. The SMILES string of the molecule is CCn1nc(C)cc1C(NN)c1ccc(OC)cc1F. The van der Waals surface area contributed by atoms with Crippen LogP contribution in [-0.2, 0) is 6.54 Å². The van der Waals surface area contributed by atoms with Gasteiger partial charge in [-0.1, -0.05) is 6.07 Å².